The smallest absolute Gasteiger partial charge is 0.333 e. The predicted molar refractivity (Wildman–Crippen MR) is 164 cm³/mol. The Morgan fingerprint density at radius 2 is 0.881 bits per heavy atom. The minimum atomic E-state index is -0.435. The number of carbonyl (C=O) groups is 2. The number of carbonyl (C=O) groups excluding carboxylic acids is 2. The van der Waals surface area contributed by atoms with E-state index in [0.29, 0.717) is 24.4 Å². The highest BCUT2D eigenvalue weighted by Gasteiger charge is 2.19. The molecule has 0 amide bonds. The lowest BCUT2D eigenvalue weighted by Crippen LogP contribution is -2.26. The van der Waals surface area contributed by atoms with Crippen LogP contribution in [0.15, 0.2) is 72.8 Å². The van der Waals surface area contributed by atoms with E-state index in [-0.39, 0.29) is 25.4 Å². The van der Waals surface area contributed by atoms with E-state index in [1.165, 1.54) is 0 Å². The van der Waals surface area contributed by atoms with E-state index < -0.39 is 24.1 Å². The molecule has 8 nitrogen and oxygen atoms in total. The first-order chi connectivity index (χ1) is 20.0. The van der Waals surface area contributed by atoms with Crippen LogP contribution in [0.3, 0.4) is 0 Å². The summed E-state index contributed by atoms with van der Waals surface area (Å²) in [5, 5.41) is 3.65. The highest BCUT2D eigenvalue weighted by molar-refractivity contribution is 6.11. The Morgan fingerprint density at radius 1 is 0.571 bits per heavy atom. The SMILES string of the molecule is C=C(C)C(=O)OC(C)COC(C)COc1c2ccccc2c(OCC(C)OCC(C)OC(=O)C(=C)C)c2ccccc12. The summed E-state index contributed by atoms with van der Waals surface area (Å²) in [6.45, 7) is 18.9. The van der Waals surface area contributed by atoms with Gasteiger partial charge in [-0.3, -0.25) is 0 Å². The molecule has 0 radical (unpaired) electrons. The summed E-state index contributed by atoms with van der Waals surface area (Å²) >= 11 is 0. The second-order valence-electron chi connectivity index (χ2n) is 10.7. The monoisotopic (exact) mass is 578 g/mol. The number of rotatable bonds is 16. The third-order valence-electron chi connectivity index (χ3n) is 6.30. The topological polar surface area (TPSA) is 89.5 Å². The maximum absolute atomic E-state index is 11.7. The van der Waals surface area contributed by atoms with Crippen LogP contribution in [0.4, 0.5) is 0 Å². The van der Waals surface area contributed by atoms with Gasteiger partial charge in [-0.2, -0.15) is 0 Å². The molecule has 0 bridgehead atoms. The Bertz CT molecular complexity index is 1250. The van der Waals surface area contributed by atoms with Gasteiger partial charge in [0.15, 0.2) is 0 Å². The van der Waals surface area contributed by atoms with Gasteiger partial charge >= 0.3 is 11.9 Å². The molecule has 0 heterocycles. The van der Waals surface area contributed by atoms with Crippen molar-refractivity contribution >= 4 is 33.5 Å². The fourth-order valence-corrected chi connectivity index (χ4v) is 4.09. The van der Waals surface area contributed by atoms with Crippen molar-refractivity contribution < 1.29 is 38.0 Å². The molecule has 0 saturated heterocycles. The Hall–Kier alpha value is -3.88. The molecule has 3 rings (SSSR count). The number of fused-ring (bicyclic) bond motifs is 2. The first-order valence-electron chi connectivity index (χ1n) is 14.1. The predicted octanol–water partition coefficient (Wildman–Crippen LogP) is 6.58. The molecule has 226 valence electrons. The van der Waals surface area contributed by atoms with Crippen LogP contribution >= 0.6 is 0 Å². The molecule has 4 unspecified atom stereocenters. The van der Waals surface area contributed by atoms with Gasteiger partial charge in [-0.1, -0.05) is 61.7 Å². The summed E-state index contributed by atoms with van der Waals surface area (Å²) in [4.78, 5) is 23.5. The van der Waals surface area contributed by atoms with Gasteiger partial charge in [0, 0.05) is 32.7 Å². The fourth-order valence-electron chi connectivity index (χ4n) is 4.09. The van der Waals surface area contributed by atoms with E-state index in [1.54, 1.807) is 27.7 Å². The normalized spacial score (nSPS) is 14.0. The molecule has 0 N–H and O–H groups in total. The summed E-state index contributed by atoms with van der Waals surface area (Å²) in [5.41, 5.74) is 0.699. The molecule has 3 aromatic rings. The molecule has 0 spiro atoms. The average molecular weight is 579 g/mol. The van der Waals surface area contributed by atoms with Crippen LogP contribution in [0.25, 0.3) is 21.5 Å². The van der Waals surface area contributed by atoms with Crippen LogP contribution in [0.2, 0.25) is 0 Å². The van der Waals surface area contributed by atoms with Crippen molar-refractivity contribution in [2.45, 2.75) is 66.0 Å². The minimum Gasteiger partial charge on any atom is -0.490 e. The van der Waals surface area contributed by atoms with Crippen LogP contribution in [-0.4, -0.2) is 62.8 Å². The van der Waals surface area contributed by atoms with E-state index in [9.17, 15) is 9.59 Å². The lowest BCUT2D eigenvalue weighted by atomic mass is 10.0. The first-order valence-corrected chi connectivity index (χ1v) is 14.1. The lowest BCUT2D eigenvalue weighted by molar-refractivity contribution is -0.148. The van der Waals surface area contributed by atoms with Crippen molar-refractivity contribution in [2.75, 3.05) is 26.4 Å². The second-order valence-corrected chi connectivity index (χ2v) is 10.7. The van der Waals surface area contributed by atoms with Gasteiger partial charge in [0.25, 0.3) is 0 Å². The van der Waals surface area contributed by atoms with E-state index in [4.69, 9.17) is 28.4 Å². The van der Waals surface area contributed by atoms with Crippen molar-refractivity contribution in [3.63, 3.8) is 0 Å². The molecule has 42 heavy (non-hydrogen) atoms. The third kappa shape index (κ3) is 9.06. The third-order valence-corrected chi connectivity index (χ3v) is 6.30. The first kappa shape index (κ1) is 32.6. The van der Waals surface area contributed by atoms with Crippen LogP contribution < -0.4 is 9.47 Å². The molecule has 3 aromatic carbocycles. The van der Waals surface area contributed by atoms with E-state index in [2.05, 4.69) is 13.2 Å². The Kier molecular flexibility index (Phi) is 11.9. The van der Waals surface area contributed by atoms with Crippen molar-refractivity contribution in [1.82, 2.24) is 0 Å². The zero-order valence-electron chi connectivity index (χ0n) is 25.4. The van der Waals surface area contributed by atoms with Crippen molar-refractivity contribution in [1.29, 1.82) is 0 Å². The molecule has 0 aromatic heterocycles. The maximum Gasteiger partial charge on any atom is 0.333 e. The molecule has 0 aliphatic heterocycles. The number of hydrogen-bond donors (Lipinski definition) is 0. The van der Waals surface area contributed by atoms with Gasteiger partial charge in [-0.05, 0) is 41.5 Å². The van der Waals surface area contributed by atoms with Crippen molar-refractivity contribution in [3.05, 3.63) is 72.8 Å². The zero-order chi connectivity index (χ0) is 30.8. The fraction of sp³-hybridized carbons (Fsp3) is 0.412. The second kappa shape index (κ2) is 15.4. The highest BCUT2D eigenvalue weighted by Crippen LogP contribution is 2.42. The van der Waals surface area contributed by atoms with E-state index in [0.717, 1.165) is 33.0 Å². The maximum atomic E-state index is 11.7. The Morgan fingerprint density at radius 3 is 1.17 bits per heavy atom. The number of hydrogen-bond acceptors (Lipinski definition) is 8. The zero-order valence-corrected chi connectivity index (χ0v) is 25.4. The van der Waals surface area contributed by atoms with Gasteiger partial charge < -0.3 is 28.4 Å². The Balaban J connectivity index is 1.71. The Labute approximate surface area is 248 Å². The van der Waals surface area contributed by atoms with Gasteiger partial charge in [-0.25, -0.2) is 9.59 Å². The van der Waals surface area contributed by atoms with Crippen LogP contribution in [0.1, 0.15) is 41.5 Å². The van der Waals surface area contributed by atoms with Crippen LogP contribution in [-0.2, 0) is 28.5 Å². The van der Waals surface area contributed by atoms with Gasteiger partial charge in [-0.15, -0.1) is 0 Å². The van der Waals surface area contributed by atoms with Crippen LogP contribution in [0, 0.1) is 0 Å². The minimum absolute atomic E-state index is 0.243. The van der Waals surface area contributed by atoms with Crippen molar-refractivity contribution in [2.24, 2.45) is 0 Å². The van der Waals surface area contributed by atoms with Gasteiger partial charge in [0.1, 0.15) is 36.9 Å². The van der Waals surface area contributed by atoms with Crippen LogP contribution in [0.5, 0.6) is 11.5 Å². The van der Waals surface area contributed by atoms with Gasteiger partial charge in [0.05, 0.1) is 25.4 Å². The molecule has 0 aliphatic carbocycles. The number of benzene rings is 3. The summed E-state index contributed by atoms with van der Waals surface area (Å²) in [5.74, 6) is 0.608. The lowest BCUT2D eigenvalue weighted by Gasteiger charge is -2.22. The molecular formula is C34H42O8. The highest BCUT2D eigenvalue weighted by atomic mass is 16.6. The number of esters is 2. The summed E-state index contributed by atoms with van der Waals surface area (Å²) in [6, 6.07) is 15.9. The number of ether oxygens (including phenoxy) is 6. The van der Waals surface area contributed by atoms with E-state index >= 15 is 0 Å². The molecule has 0 aliphatic rings. The van der Waals surface area contributed by atoms with Gasteiger partial charge in [0.2, 0.25) is 0 Å². The quantitative estimate of drug-likeness (QED) is 0.107. The summed E-state index contributed by atoms with van der Waals surface area (Å²) in [6.07, 6.45) is -1.31. The standard InChI is InChI=1S/C34H42O8/c1-21(2)33(35)41-25(7)19-37-23(5)17-39-31-27-13-9-11-15-29(27)32(30-16-12-10-14-28(30)31)40-18-24(6)38-20-26(8)42-34(36)22(3)4/h9-16,23-26H,1,3,17-20H2,2,4-8H3. The molecule has 0 saturated carbocycles. The van der Waals surface area contributed by atoms with Crippen molar-refractivity contribution in [3.8, 4) is 11.5 Å². The summed E-state index contributed by atoms with van der Waals surface area (Å²) in [7, 11) is 0. The molecule has 4 atom stereocenters. The van der Waals surface area contributed by atoms with E-state index in [1.807, 2.05) is 62.4 Å². The molecular weight excluding hydrogens is 536 g/mol. The molecule has 8 heteroatoms. The largest absolute Gasteiger partial charge is 0.490 e. The average Bonchev–Trinajstić information content (AvgIpc) is 2.96. The molecule has 0 fully saturated rings. The summed E-state index contributed by atoms with van der Waals surface area (Å²) < 4.78 is 35.1.